The second kappa shape index (κ2) is 9.09. The molecule has 1 aliphatic rings. The highest BCUT2D eigenvalue weighted by Gasteiger charge is 2.21. The van der Waals surface area contributed by atoms with Gasteiger partial charge in [0.15, 0.2) is 0 Å². The SMILES string of the molecule is CCOC(=O)N1CCC(=NNc2ccc(S(=O)(=O)c3ccc(C)cc3)cc2)CC1. The third kappa shape index (κ3) is 5.14. The van der Waals surface area contributed by atoms with Crippen molar-refractivity contribution in [3.63, 3.8) is 0 Å². The Morgan fingerprint density at radius 3 is 2.14 bits per heavy atom. The zero-order chi connectivity index (χ0) is 20.9. The largest absolute Gasteiger partial charge is 0.450 e. The number of piperidine rings is 1. The third-order valence-corrected chi connectivity index (χ3v) is 6.49. The Morgan fingerprint density at radius 2 is 1.59 bits per heavy atom. The Balaban J connectivity index is 1.61. The molecule has 0 atom stereocenters. The molecular weight excluding hydrogens is 390 g/mol. The molecule has 0 spiro atoms. The van der Waals surface area contributed by atoms with Gasteiger partial charge in [-0.25, -0.2) is 13.2 Å². The molecule has 2 aromatic rings. The van der Waals surface area contributed by atoms with E-state index in [0.29, 0.717) is 38.2 Å². The van der Waals surface area contributed by atoms with Gasteiger partial charge in [-0.1, -0.05) is 17.7 Å². The number of sulfone groups is 1. The molecule has 8 heteroatoms. The van der Waals surface area contributed by atoms with Crippen LogP contribution in [0.4, 0.5) is 10.5 Å². The van der Waals surface area contributed by atoms with Crippen molar-refractivity contribution in [1.82, 2.24) is 4.90 Å². The molecule has 0 radical (unpaired) electrons. The molecule has 1 fully saturated rings. The van der Waals surface area contributed by atoms with Crippen LogP contribution in [0.15, 0.2) is 63.4 Å². The number of anilines is 1. The van der Waals surface area contributed by atoms with Crippen molar-refractivity contribution >= 4 is 27.3 Å². The Bertz CT molecular complexity index is 974. The molecule has 7 nitrogen and oxygen atoms in total. The summed E-state index contributed by atoms with van der Waals surface area (Å²) in [6.07, 6.45) is 1.06. The van der Waals surface area contributed by atoms with Gasteiger partial charge in [0.25, 0.3) is 0 Å². The van der Waals surface area contributed by atoms with Gasteiger partial charge in [0.1, 0.15) is 0 Å². The molecule has 1 saturated heterocycles. The first-order valence-corrected chi connectivity index (χ1v) is 11.0. The molecule has 0 aromatic heterocycles. The maximum absolute atomic E-state index is 12.7. The van der Waals surface area contributed by atoms with Gasteiger partial charge in [-0.05, 0) is 50.2 Å². The number of carbonyl (C=O) groups excluding carboxylic acids is 1. The predicted molar refractivity (Wildman–Crippen MR) is 112 cm³/mol. The summed E-state index contributed by atoms with van der Waals surface area (Å²) in [5.74, 6) is 0. The number of ether oxygens (including phenoxy) is 1. The van der Waals surface area contributed by atoms with Crippen LogP contribution in [0.3, 0.4) is 0 Å². The van der Waals surface area contributed by atoms with Gasteiger partial charge in [-0.15, -0.1) is 0 Å². The van der Waals surface area contributed by atoms with E-state index in [1.807, 2.05) is 6.92 Å². The zero-order valence-electron chi connectivity index (χ0n) is 16.6. The number of carbonyl (C=O) groups is 1. The minimum Gasteiger partial charge on any atom is -0.450 e. The number of hydrazone groups is 1. The summed E-state index contributed by atoms with van der Waals surface area (Å²) in [5.41, 5.74) is 5.64. The fraction of sp³-hybridized carbons (Fsp3) is 0.333. The number of hydrogen-bond acceptors (Lipinski definition) is 6. The Labute approximate surface area is 171 Å². The third-order valence-electron chi connectivity index (χ3n) is 4.71. The van der Waals surface area contributed by atoms with E-state index in [4.69, 9.17) is 4.74 Å². The van der Waals surface area contributed by atoms with Crippen LogP contribution in [0.2, 0.25) is 0 Å². The van der Waals surface area contributed by atoms with Crippen molar-refractivity contribution in [2.75, 3.05) is 25.1 Å². The van der Waals surface area contributed by atoms with E-state index in [1.165, 1.54) is 0 Å². The van der Waals surface area contributed by atoms with Crippen LogP contribution in [-0.2, 0) is 14.6 Å². The smallest absolute Gasteiger partial charge is 0.409 e. The van der Waals surface area contributed by atoms with Gasteiger partial charge < -0.3 is 9.64 Å². The number of nitrogens with zero attached hydrogens (tertiary/aromatic N) is 2. The lowest BCUT2D eigenvalue weighted by Gasteiger charge is -2.26. The van der Waals surface area contributed by atoms with Crippen LogP contribution in [-0.4, -0.2) is 44.8 Å². The second-order valence-corrected chi connectivity index (χ2v) is 8.77. The summed E-state index contributed by atoms with van der Waals surface area (Å²) in [5, 5.41) is 4.39. The summed E-state index contributed by atoms with van der Waals surface area (Å²) in [7, 11) is -3.54. The maximum Gasteiger partial charge on any atom is 0.409 e. The van der Waals surface area contributed by atoms with Crippen LogP contribution < -0.4 is 5.43 Å². The van der Waals surface area contributed by atoms with E-state index >= 15 is 0 Å². The highest BCUT2D eigenvalue weighted by Crippen LogP contribution is 2.23. The predicted octanol–water partition coefficient (Wildman–Crippen LogP) is 3.85. The molecule has 1 amide bonds. The van der Waals surface area contributed by atoms with Gasteiger partial charge in [0, 0.05) is 31.6 Å². The van der Waals surface area contributed by atoms with Crippen LogP contribution in [0.25, 0.3) is 0 Å². The number of amides is 1. The van der Waals surface area contributed by atoms with E-state index < -0.39 is 9.84 Å². The molecule has 154 valence electrons. The molecule has 1 aliphatic heterocycles. The molecule has 0 aliphatic carbocycles. The Kier molecular flexibility index (Phi) is 6.53. The quantitative estimate of drug-likeness (QED) is 0.750. The van der Waals surface area contributed by atoms with E-state index in [9.17, 15) is 13.2 Å². The molecule has 0 saturated carbocycles. The molecule has 1 heterocycles. The fourth-order valence-corrected chi connectivity index (χ4v) is 4.24. The first kappa shape index (κ1) is 20.9. The van der Waals surface area contributed by atoms with Crippen molar-refractivity contribution in [3.05, 3.63) is 54.1 Å². The number of aryl methyl sites for hydroxylation is 1. The summed E-state index contributed by atoms with van der Waals surface area (Å²) in [6, 6.07) is 13.3. The van der Waals surface area contributed by atoms with Crippen molar-refractivity contribution < 1.29 is 17.9 Å². The van der Waals surface area contributed by atoms with Crippen molar-refractivity contribution in [2.24, 2.45) is 5.10 Å². The molecule has 0 bridgehead atoms. The molecule has 1 N–H and O–H groups in total. The monoisotopic (exact) mass is 415 g/mol. The number of hydrogen-bond donors (Lipinski definition) is 1. The highest BCUT2D eigenvalue weighted by atomic mass is 32.2. The first-order chi connectivity index (χ1) is 13.9. The standard InChI is InChI=1S/C21H25N3O4S/c1-3-28-21(25)24-14-12-18(13-15-24)23-22-17-6-10-20(11-7-17)29(26,27)19-8-4-16(2)5-9-19/h4-11,22H,3,12-15H2,1-2H3. The van der Waals surface area contributed by atoms with Gasteiger partial charge in [0.2, 0.25) is 9.84 Å². The summed E-state index contributed by atoms with van der Waals surface area (Å²) in [6.45, 7) is 5.22. The van der Waals surface area contributed by atoms with Gasteiger partial charge in [0.05, 0.1) is 22.1 Å². The normalized spacial score (nSPS) is 14.4. The van der Waals surface area contributed by atoms with E-state index in [0.717, 1.165) is 11.3 Å². The van der Waals surface area contributed by atoms with Crippen LogP contribution in [0.1, 0.15) is 25.3 Å². The van der Waals surface area contributed by atoms with Gasteiger partial charge in [-0.2, -0.15) is 5.10 Å². The number of nitrogens with one attached hydrogen (secondary N) is 1. The number of rotatable bonds is 5. The summed E-state index contributed by atoms with van der Waals surface area (Å²) >= 11 is 0. The zero-order valence-corrected chi connectivity index (χ0v) is 17.4. The Hall–Kier alpha value is -2.87. The van der Waals surface area contributed by atoms with E-state index in [-0.39, 0.29) is 15.9 Å². The molecule has 3 rings (SSSR count). The lowest BCUT2D eigenvalue weighted by atomic mass is 10.1. The first-order valence-electron chi connectivity index (χ1n) is 9.55. The molecule has 0 unspecified atom stereocenters. The Morgan fingerprint density at radius 1 is 1.03 bits per heavy atom. The number of likely N-dealkylation sites (tertiary alicyclic amines) is 1. The number of benzene rings is 2. The van der Waals surface area contributed by atoms with E-state index in [1.54, 1.807) is 60.4 Å². The lowest BCUT2D eigenvalue weighted by molar-refractivity contribution is 0.107. The van der Waals surface area contributed by atoms with Gasteiger partial charge in [-0.3, -0.25) is 5.43 Å². The minimum atomic E-state index is -3.54. The molecule has 2 aromatic carbocycles. The van der Waals surface area contributed by atoms with Crippen molar-refractivity contribution in [2.45, 2.75) is 36.5 Å². The second-order valence-electron chi connectivity index (χ2n) is 6.82. The summed E-state index contributed by atoms with van der Waals surface area (Å²) < 4.78 is 30.4. The van der Waals surface area contributed by atoms with Crippen LogP contribution >= 0.6 is 0 Å². The lowest BCUT2D eigenvalue weighted by Crippen LogP contribution is -2.39. The van der Waals surface area contributed by atoms with E-state index in [2.05, 4.69) is 10.5 Å². The average molecular weight is 416 g/mol. The fourth-order valence-electron chi connectivity index (χ4n) is 2.98. The van der Waals surface area contributed by atoms with Crippen molar-refractivity contribution in [3.8, 4) is 0 Å². The van der Waals surface area contributed by atoms with Crippen LogP contribution in [0.5, 0.6) is 0 Å². The van der Waals surface area contributed by atoms with Gasteiger partial charge >= 0.3 is 6.09 Å². The van der Waals surface area contributed by atoms with Crippen molar-refractivity contribution in [1.29, 1.82) is 0 Å². The van der Waals surface area contributed by atoms with Crippen LogP contribution in [0, 0.1) is 6.92 Å². The highest BCUT2D eigenvalue weighted by molar-refractivity contribution is 7.91. The molecular formula is C21H25N3O4S. The average Bonchev–Trinajstić information content (AvgIpc) is 2.73. The minimum absolute atomic E-state index is 0.238. The molecule has 29 heavy (non-hydrogen) atoms. The summed E-state index contributed by atoms with van der Waals surface area (Å²) in [4.78, 5) is 13.9. The topological polar surface area (TPSA) is 88.1 Å². The maximum atomic E-state index is 12.7.